The topological polar surface area (TPSA) is 15.3 Å². The summed E-state index contributed by atoms with van der Waals surface area (Å²) in [5.41, 5.74) is 1.07. The molecule has 0 aliphatic carbocycles. The Balaban J connectivity index is 1.86. The van der Waals surface area contributed by atoms with E-state index in [1.165, 1.54) is 71.2 Å². The Bertz CT molecular complexity index is 273. The van der Waals surface area contributed by atoms with Crippen LogP contribution in [0.2, 0.25) is 0 Å². The van der Waals surface area contributed by atoms with Crippen LogP contribution in [0.25, 0.3) is 0 Å². The molecule has 0 aromatic carbocycles. The largest absolute Gasteiger partial charge is 0.316 e. The van der Waals surface area contributed by atoms with E-state index in [-0.39, 0.29) is 0 Å². The van der Waals surface area contributed by atoms with E-state index in [9.17, 15) is 0 Å². The van der Waals surface area contributed by atoms with Crippen molar-refractivity contribution in [2.75, 3.05) is 32.7 Å². The molecule has 0 aromatic rings. The van der Waals surface area contributed by atoms with Gasteiger partial charge in [-0.15, -0.1) is 0 Å². The third-order valence-corrected chi connectivity index (χ3v) is 5.71. The van der Waals surface area contributed by atoms with Crippen molar-refractivity contribution < 1.29 is 0 Å². The Morgan fingerprint density at radius 1 is 1.20 bits per heavy atom. The first-order chi connectivity index (χ1) is 9.45. The Hall–Kier alpha value is -0.0800. The Morgan fingerprint density at radius 3 is 2.40 bits per heavy atom. The lowest BCUT2D eigenvalue weighted by molar-refractivity contribution is 0.0572. The van der Waals surface area contributed by atoms with Crippen molar-refractivity contribution in [3.05, 3.63) is 0 Å². The highest BCUT2D eigenvalue weighted by Crippen LogP contribution is 2.37. The van der Waals surface area contributed by atoms with Gasteiger partial charge in [0.1, 0.15) is 0 Å². The summed E-state index contributed by atoms with van der Waals surface area (Å²) in [6.07, 6.45) is 8.35. The van der Waals surface area contributed by atoms with Crippen molar-refractivity contribution in [1.82, 2.24) is 10.2 Å². The van der Waals surface area contributed by atoms with Gasteiger partial charge in [0.2, 0.25) is 0 Å². The number of likely N-dealkylation sites (tertiary alicyclic amines) is 1. The standard InChI is InChI=1S/C18H36N2/c1-5-9-18(10-6-11-19-14-18)15-20-12-7-16(8-13-20)17(2,3)4/h16,19H,5-15H2,1-4H3. The zero-order valence-electron chi connectivity index (χ0n) is 14.3. The molecule has 2 aliphatic rings. The third kappa shape index (κ3) is 4.21. The second-order valence-corrected chi connectivity index (χ2v) is 8.45. The molecule has 0 radical (unpaired) electrons. The van der Waals surface area contributed by atoms with E-state index >= 15 is 0 Å². The average Bonchev–Trinajstić information content (AvgIpc) is 2.39. The molecule has 20 heavy (non-hydrogen) atoms. The van der Waals surface area contributed by atoms with Crippen molar-refractivity contribution in [2.24, 2.45) is 16.7 Å². The maximum atomic E-state index is 3.66. The van der Waals surface area contributed by atoms with E-state index in [4.69, 9.17) is 0 Å². The number of nitrogens with one attached hydrogen (secondary N) is 1. The molecule has 2 nitrogen and oxygen atoms in total. The first kappa shape index (κ1) is 16.3. The van der Waals surface area contributed by atoms with Crippen molar-refractivity contribution in [3.63, 3.8) is 0 Å². The van der Waals surface area contributed by atoms with Crippen LogP contribution in [-0.4, -0.2) is 37.6 Å². The van der Waals surface area contributed by atoms with Crippen LogP contribution < -0.4 is 5.32 Å². The minimum Gasteiger partial charge on any atom is -0.316 e. The van der Waals surface area contributed by atoms with Crippen LogP contribution in [0, 0.1) is 16.7 Å². The van der Waals surface area contributed by atoms with Gasteiger partial charge in [-0.05, 0) is 68.5 Å². The van der Waals surface area contributed by atoms with Gasteiger partial charge in [0, 0.05) is 13.1 Å². The second kappa shape index (κ2) is 6.79. The molecule has 2 fully saturated rings. The fourth-order valence-electron chi connectivity index (χ4n) is 4.42. The average molecular weight is 280 g/mol. The van der Waals surface area contributed by atoms with Gasteiger partial charge in [0.15, 0.2) is 0 Å². The van der Waals surface area contributed by atoms with Crippen LogP contribution in [0.4, 0.5) is 0 Å². The number of piperidine rings is 2. The Kier molecular flexibility index (Phi) is 5.53. The predicted octanol–water partition coefficient (Wildman–Crippen LogP) is 3.91. The highest BCUT2D eigenvalue weighted by molar-refractivity contribution is 4.90. The van der Waals surface area contributed by atoms with Crippen LogP contribution in [0.5, 0.6) is 0 Å². The Morgan fingerprint density at radius 2 is 1.90 bits per heavy atom. The van der Waals surface area contributed by atoms with Crippen molar-refractivity contribution >= 4 is 0 Å². The van der Waals surface area contributed by atoms with Crippen LogP contribution in [0.3, 0.4) is 0 Å². The van der Waals surface area contributed by atoms with Crippen LogP contribution in [-0.2, 0) is 0 Å². The molecule has 2 heterocycles. The van der Waals surface area contributed by atoms with Crippen LogP contribution >= 0.6 is 0 Å². The molecule has 1 unspecified atom stereocenters. The Labute approximate surface area is 126 Å². The molecule has 2 rings (SSSR count). The van der Waals surface area contributed by atoms with Gasteiger partial charge in [0.25, 0.3) is 0 Å². The van der Waals surface area contributed by atoms with Gasteiger partial charge in [-0.25, -0.2) is 0 Å². The molecule has 118 valence electrons. The summed E-state index contributed by atoms with van der Waals surface area (Å²) >= 11 is 0. The molecule has 0 spiro atoms. The monoisotopic (exact) mass is 280 g/mol. The van der Waals surface area contributed by atoms with Crippen molar-refractivity contribution in [3.8, 4) is 0 Å². The van der Waals surface area contributed by atoms with Gasteiger partial charge < -0.3 is 10.2 Å². The maximum absolute atomic E-state index is 3.66. The molecule has 2 heteroatoms. The smallest absolute Gasteiger partial charge is 0.00501 e. The molecule has 2 aliphatic heterocycles. The minimum atomic E-state index is 0.500. The fourth-order valence-corrected chi connectivity index (χ4v) is 4.42. The fraction of sp³-hybridized carbons (Fsp3) is 1.00. The van der Waals surface area contributed by atoms with Gasteiger partial charge >= 0.3 is 0 Å². The first-order valence-electron chi connectivity index (χ1n) is 8.88. The molecular weight excluding hydrogens is 244 g/mol. The van der Waals surface area contributed by atoms with Gasteiger partial charge in [-0.3, -0.25) is 0 Å². The quantitative estimate of drug-likeness (QED) is 0.840. The number of hydrogen-bond acceptors (Lipinski definition) is 2. The predicted molar refractivity (Wildman–Crippen MR) is 88.1 cm³/mol. The highest BCUT2D eigenvalue weighted by atomic mass is 15.1. The summed E-state index contributed by atoms with van der Waals surface area (Å²) in [4.78, 5) is 2.77. The lowest BCUT2D eigenvalue weighted by Gasteiger charge is -2.45. The number of hydrogen-bond donors (Lipinski definition) is 1. The van der Waals surface area contributed by atoms with Crippen LogP contribution in [0.1, 0.15) is 66.2 Å². The van der Waals surface area contributed by atoms with E-state index in [1.807, 2.05) is 0 Å². The molecule has 0 amide bonds. The van der Waals surface area contributed by atoms with Crippen LogP contribution in [0.15, 0.2) is 0 Å². The zero-order chi connectivity index (χ0) is 14.6. The SMILES string of the molecule is CCCC1(CN2CCC(C(C)(C)C)CC2)CCCNC1. The summed E-state index contributed by atoms with van der Waals surface area (Å²) in [7, 11) is 0. The molecule has 1 atom stereocenters. The second-order valence-electron chi connectivity index (χ2n) is 8.45. The van der Waals surface area contributed by atoms with E-state index < -0.39 is 0 Å². The minimum absolute atomic E-state index is 0.500. The lowest BCUT2D eigenvalue weighted by atomic mass is 9.73. The summed E-state index contributed by atoms with van der Waals surface area (Å²) in [6, 6.07) is 0. The highest BCUT2D eigenvalue weighted by Gasteiger charge is 2.35. The molecule has 0 bridgehead atoms. The number of rotatable bonds is 4. The molecule has 1 N–H and O–H groups in total. The summed E-state index contributed by atoms with van der Waals surface area (Å²) in [6.45, 7) is 16.1. The third-order valence-electron chi connectivity index (χ3n) is 5.71. The summed E-state index contributed by atoms with van der Waals surface area (Å²) in [5, 5.41) is 3.66. The first-order valence-corrected chi connectivity index (χ1v) is 8.88. The number of nitrogens with zero attached hydrogens (tertiary/aromatic N) is 1. The van der Waals surface area contributed by atoms with E-state index in [1.54, 1.807) is 0 Å². The zero-order valence-corrected chi connectivity index (χ0v) is 14.3. The lowest BCUT2D eigenvalue weighted by Crippen LogP contribution is -2.50. The summed E-state index contributed by atoms with van der Waals surface area (Å²) in [5.74, 6) is 0.922. The van der Waals surface area contributed by atoms with Gasteiger partial charge in [-0.2, -0.15) is 0 Å². The van der Waals surface area contributed by atoms with Crippen molar-refractivity contribution in [1.29, 1.82) is 0 Å². The van der Waals surface area contributed by atoms with E-state index in [0.29, 0.717) is 10.8 Å². The summed E-state index contributed by atoms with van der Waals surface area (Å²) < 4.78 is 0. The molecule has 0 saturated carbocycles. The molecule has 0 aromatic heterocycles. The van der Waals surface area contributed by atoms with Crippen molar-refractivity contribution in [2.45, 2.75) is 66.2 Å². The van der Waals surface area contributed by atoms with Gasteiger partial charge in [0.05, 0.1) is 0 Å². The van der Waals surface area contributed by atoms with E-state index in [0.717, 1.165) is 5.92 Å². The normalized spacial score (nSPS) is 30.6. The molecule has 2 saturated heterocycles. The van der Waals surface area contributed by atoms with E-state index in [2.05, 4.69) is 37.9 Å². The maximum Gasteiger partial charge on any atom is 0.00501 e. The molecular formula is C18H36N2. The van der Waals surface area contributed by atoms with Gasteiger partial charge in [-0.1, -0.05) is 34.1 Å².